The molecule has 0 fully saturated rings. The molecule has 1 unspecified atom stereocenters. The summed E-state index contributed by atoms with van der Waals surface area (Å²) in [5.41, 5.74) is 7.80. The van der Waals surface area contributed by atoms with Gasteiger partial charge in [0.15, 0.2) is 0 Å². The van der Waals surface area contributed by atoms with Gasteiger partial charge in [-0.1, -0.05) is 0 Å². The van der Waals surface area contributed by atoms with Gasteiger partial charge in [-0.05, 0) is 47.1 Å². The molecule has 0 bridgehead atoms. The first-order valence-corrected chi connectivity index (χ1v) is 6.65. The number of likely N-dealkylation sites (N-methyl/N-ethyl adjacent to an activating group) is 1. The highest BCUT2D eigenvalue weighted by Gasteiger charge is 2.17. The van der Waals surface area contributed by atoms with E-state index in [0.29, 0.717) is 13.0 Å². The molecule has 0 spiro atoms. The number of nitrogens with one attached hydrogen (secondary N) is 2. The minimum atomic E-state index is -0.503. The van der Waals surface area contributed by atoms with E-state index in [1.807, 2.05) is 0 Å². The van der Waals surface area contributed by atoms with Gasteiger partial charge in [-0.15, -0.1) is 0 Å². The van der Waals surface area contributed by atoms with Gasteiger partial charge in [0, 0.05) is 6.54 Å². The van der Waals surface area contributed by atoms with Crippen LogP contribution in [0.25, 0.3) is 5.53 Å². The van der Waals surface area contributed by atoms with Gasteiger partial charge in [-0.25, -0.2) is 4.79 Å². The van der Waals surface area contributed by atoms with Crippen molar-refractivity contribution in [1.82, 2.24) is 10.6 Å². The van der Waals surface area contributed by atoms with Crippen LogP contribution in [0.2, 0.25) is 0 Å². The van der Waals surface area contributed by atoms with Crippen molar-refractivity contribution in [1.29, 1.82) is 0 Å². The van der Waals surface area contributed by atoms with Gasteiger partial charge in [0.25, 0.3) is 5.78 Å². The highest BCUT2D eigenvalue weighted by atomic mass is 16.6. The van der Waals surface area contributed by atoms with Gasteiger partial charge in [0.1, 0.15) is 5.60 Å². The number of alkyl carbamates (subject to hydrolysis) is 1. The van der Waals surface area contributed by atoms with Gasteiger partial charge in [0.2, 0.25) is 0 Å². The Bertz CT molecular complexity index is 370. The van der Waals surface area contributed by atoms with Gasteiger partial charge in [-0.2, -0.15) is 4.79 Å². The summed E-state index contributed by atoms with van der Waals surface area (Å²) in [5.74, 6) is -0.268. The largest absolute Gasteiger partial charge is 0.444 e. The number of hydrogen-bond acceptors (Lipinski definition) is 4. The van der Waals surface area contributed by atoms with E-state index in [4.69, 9.17) is 10.3 Å². The highest BCUT2D eigenvalue weighted by molar-refractivity contribution is 6.27. The monoisotopic (exact) mass is 284 g/mol. The molecule has 7 nitrogen and oxygen atoms in total. The fourth-order valence-electron chi connectivity index (χ4n) is 1.55. The summed E-state index contributed by atoms with van der Waals surface area (Å²) < 4.78 is 5.10. The van der Waals surface area contributed by atoms with Crippen LogP contribution >= 0.6 is 0 Å². The first-order chi connectivity index (χ1) is 9.30. The first kappa shape index (κ1) is 18.3. The van der Waals surface area contributed by atoms with Crippen LogP contribution in [0.5, 0.6) is 0 Å². The van der Waals surface area contributed by atoms with E-state index in [1.54, 1.807) is 27.8 Å². The molecular weight excluding hydrogens is 260 g/mol. The van der Waals surface area contributed by atoms with E-state index >= 15 is 0 Å². The Morgan fingerprint density at radius 2 is 2.00 bits per heavy atom. The summed E-state index contributed by atoms with van der Waals surface area (Å²) >= 11 is 0. The molecule has 1 atom stereocenters. The van der Waals surface area contributed by atoms with Crippen molar-refractivity contribution in [2.45, 2.75) is 51.7 Å². The summed E-state index contributed by atoms with van der Waals surface area (Å²) in [4.78, 5) is 25.5. The molecular formula is C13H24N4O3. The van der Waals surface area contributed by atoms with E-state index in [0.717, 1.165) is 19.1 Å². The Labute approximate surface area is 119 Å². The third kappa shape index (κ3) is 9.24. The van der Waals surface area contributed by atoms with Crippen LogP contribution in [0.1, 0.15) is 40.0 Å². The molecule has 1 amide bonds. The molecule has 0 saturated carbocycles. The lowest BCUT2D eigenvalue weighted by Gasteiger charge is -2.19. The fourth-order valence-corrected chi connectivity index (χ4v) is 1.55. The lowest BCUT2D eigenvalue weighted by Crippen LogP contribution is -2.35. The normalized spacial score (nSPS) is 12.2. The van der Waals surface area contributed by atoms with Crippen molar-refractivity contribution >= 4 is 18.1 Å². The van der Waals surface area contributed by atoms with Gasteiger partial charge < -0.3 is 20.9 Å². The Morgan fingerprint density at radius 3 is 2.50 bits per heavy atom. The third-order valence-electron chi connectivity index (χ3n) is 2.46. The molecule has 7 heteroatoms. The zero-order chi connectivity index (χ0) is 15.6. The minimum absolute atomic E-state index is 0.268. The van der Waals surface area contributed by atoms with Crippen LogP contribution in [-0.4, -0.2) is 48.1 Å². The van der Waals surface area contributed by atoms with Crippen molar-refractivity contribution in [3.05, 3.63) is 5.53 Å². The first-order valence-electron chi connectivity index (χ1n) is 6.65. The van der Waals surface area contributed by atoms with E-state index in [-0.39, 0.29) is 11.8 Å². The van der Waals surface area contributed by atoms with Crippen molar-refractivity contribution in [2.75, 3.05) is 13.6 Å². The third-order valence-corrected chi connectivity index (χ3v) is 2.46. The Morgan fingerprint density at radius 1 is 1.35 bits per heavy atom. The van der Waals surface area contributed by atoms with Crippen molar-refractivity contribution < 1.29 is 19.1 Å². The Kier molecular flexibility index (Phi) is 8.43. The number of amides is 1. The molecule has 0 aliphatic rings. The van der Waals surface area contributed by atoms with Crippen LogP contribution in [0.4, 0.5) is 4.79 Å². The number of ketones is 1. The summed E-state index contributed by atoms with van der Waals surface area (Å²) in [6.45, 7) is 5.91. The van der Waals surface area contributed by atoms with E-state index < -0.39 is 11.7 Å². The van der Waals surface area contributed by atoms with Crippen LogP contribution in [-0.2, 0) is 9.53 Å². The average molecular weight is 284 g/mol. The second-order valence-corrected chi connectivity index (χ2v) is 5.41. The lowest BCUT2D eigenvalue weighted by atomic mass is 10.1. The summed E-state index contributed by atoms with van der Waals surface area (Å²) in [6, 6.07) is -0.368. The standard InChI is InChI=1S/C13H24N4O3/c1-13(2,3)20-12(19)16-8-6-5-7-10(15-4)11(18)9-17-14/h9-10,15H,5-8H2,1-4H3,(H,16,19). The molecule has 0 aliphatic heterocycles. The van der Waals surface area contributed by atoms with E-state index in [2.05, 4.69) is 15.4 Å². The zero-order valence-electron chi connectivity index (χ0n) is 12.6. The second-order valence-electron chi connectivity index (χ2n) is 5.41. The molecule has 0 aromatic heterocycles. The van der Waals surface area contributed by atoms with Crippen LogP contribution in [0.15, 0.2) is 0 Å². The van der Waals surface area contributed by atoms with Crippen LogP contribution < -0.4 is 10.6 Å². The Balaban J connectivity index is 3.83. The summed E-state index contributed by atoms with van der Waals surface area (Å²) in [6.07, 6.45) is 2.55. The maximum absolute atomic E-state index is 11.4. The number of rotatable bonds is 8. The molecule has 0 aromatic carbocycles. The number of hydrogen-bond donors (Lipinski definition) is 2. The van der Waals surface area contributed by atoms with Gasteiger partial charge in [-0.3, -0.25) is 4.79 Å². The molecule has 20 heavy (non-hydrogen) atoms. The smallest absolute Gasteiger partial charge is 0.407 e. The predicted octanol–water partition coefficient (Wildman–Crippen LogP) is 1.14. The molecule has 114 valence electrons. The number of nitrogens with zero attached hydrogens (tertiary/aromatic N) is 2. The fraction of sp³-hybridized carbons (Fsp3) is 0.769. The number of carbonyl (C=O) groups excluding carboxylic acids is 2. The predicted molar refractivity (Wildman–Crippen MR) is 75.6 cm³/mol. The summed E-state index contributed by atoms with van der Waals surface area (Å²) in [7, 11) is 1.67. The average Bonchev–Trinajstić information content (AvgIpc) is 2.31. The van der Waals surface area contributed by atoms with E-state index in [1.165, 1.54) is 0 Å². The molecule has 0 saturated heterocycles. The topological polar surface area (TPSA) is 104 Å². The molecule has 0 aromatic rings. The molecule has 0 rings (SSSR count). The van der Waals surface area contributed by atoms with Gasteiger partial charge in [0.05, 0.1) is 6.04 Å². The van der Waals surface area contributed by atoms with Gasteiger partial charge >= 0.3 is 12.3 Å². The number of carbonyl (C=O) groups is 2. The van der Waals surface area contributed by atoms with Crippen molar-refractivity contribution in [3.63, 3.8) is 0 Å². The van der Waals surface area contributed by atoms with Crippen LogP contribution in [0.3, 0.4) is 0 Å². The molecule has 0 radical (unpaired) electrons. The quantitative estimate of drug-likeness (QED) is 0.302. The van der Waals surface area contributed by atoms with E-state index in [9.17, 15) is 9.59 Å². The molecule has 2 N–H and O–H groups in total. The van der Waals surface area contributed by atoms with Crippen molar-refractivity contribution in [2.24, 2.45) is 0 Å². The number of Topliss-reactive ketones (excluding diaryl/α,β-unsaturated/α-hetero) is 1. The zero-order valence-corrected chi connectivity index (χ0v) is 12.6. The van der Waals surface area contributed by atoms with Crippen LogP contribution in [0, 0.1) is 0 Å². The number of ether oxygens (including phenoxy) is 1. The molecule has 0 aliphatic carbocycles. The number of unbranched alkanes of at least 4 members (excludes halogenated alkanes) is 1. The minimum Gasteiger partial charge on any atom is -0.444 e. The van der Waals surface area contributed by atoms with Crippen molar-refractivity contribution in [3.8, 4) is 0 Å². The molecule has 0 heterocycles. The highest BCUT2D eigenvalue weighted by Crippen LogP contribution is 2.06. The Hall–Kier alpha value is -1.72. The second kappa shape index (κ2) is 9.23. The SMILES string of the molecule is CNC(CCCCNC(=O)OC(C)(C)C)C(=O)C=[N+]=[N-]. The maximum Gasteiger partial charge on any atom is 0.407 e. The summed E-state index contributed by atoms with van der Waals surface area (Å²) in [5, 5.41) is 5.51. The lowest BCUT2D eigenvalue weighted by molar-refractivity contribution is -0.118. The maximum atomic E-state index is 11.4.